The Balaban J connectivity index is 1.45. The number of rotatable bonds is 10. The monoisotopic (exact) mass is 655 g/mol. The second-order valence-corrected chi connectivity index (χ2v) is 11.9. The zero-order valence-corrected chi connectivity index (χ0v) is 25.2. The number of aliphatic hydroxyl groups excluding tert-OH is 1. The Labute approximate surface area is 262 Å². The minimum atomic E-state index is -4.88. The van der Waals surface area contributed by atoms with E-state index in [1.54, 1.807) is 0 Å². The Morgan fingerprint density at radius 3 is 1.78 bits per heavy atom. The molecule has 2 aliphatic rings. The molecule has 250 valence electrons. The largest absolute Gasteiger partial charge is 0.573 e. The minimum absolute atomic E-state index is 0.140. The Bertz CT molecular complexity index is 1370. The van der Waals surface area contributed by atoms with Gasteiger partial charge in [0.25, 0.3) is 0 Å². The normalized spacial score (nSPS) is 21.6. The fourth-order valence-corrected chi connectivity index (χ4v) is 6.13. The Morgan fingerprint density at radius 2 is 1.33 bits per heavy atom. The first-order chi connectivity index (χ1) is 21.6. The lowest BCUT2D eigenvalue weighted by Crippen LogP contribution is -2.52. The molecule has 2 fully saturated rings. The van der Waals surface area contributed by atoms with Crippen LogP contribution in [0.2, 0.25) is 0 Å². The van der Waals surface area contributed by atoms with Crippen LogP contribution in [-0.4, -0.2) is 61.0 Å². The van der Waals surface area contributed by atoms with E-state index in [1.165, 1.54) is 48.5 Å². The van der Waals surface area contributed by atoms with Crippen molar-refractivity contribution in [3.05, 3.63) is 89.5 Å². The molecule has 0 bridgehead atoms. The number of alkyl halides is 6. The van der Waals surface area contributed by atoms with Crippen molar-refractivity contribution in [2.24, 2.45) is 5.92 Å². The molecule has 46 heavy (non-hydrogen) atoms. The van der Waals surface area contributed by atoms with Gasteiger partial charge in [0.2, 0.25) is 0 Å². The Hall–Kier alpha value is -3.52. The topological polar surface area (TPSA) is 69.6 Å². The highest BCUT2D eigenvalue weighted by Crippen LogP contribution is 2.47. The molecular formula is C33H35F6NO6. The van der Waals surface area contributed by atoms with Crippen LogP contribution in [0, 0.1) is 5.92 Å². The van der Waals surface area contributed by atoms with Gasteiger partial charge in [0.15, 0.2) is 5.79 Å². The molecule has 2 saturated heterocycles. The standard InChI is InChI=1S/C33H35F6NO6/c1-30(2)43-21-29(44-30)20-42-26-9-3-22(4-10-26)18-40-16-15-23(19-41)17-31(40,24-5-11-27(12-6-24)45-32(34,35)36)25-7-13-28(14-8-25)46-33(37,38)39/h3-14,23,29,41H,15-21H2,1-2H3. The summed E-state index contributed by atoms with van der Waals surface area (Å²) in [6.07, 6.45) is -8.98. The lowest BCUT2D eigenvalue weighted by Gasteiger charge is -2.50. The lowest BCUT2D eigenvalue weighted by atomic mass is 9.71. The number of benzene rings is 3. The molecule has 13 heteroatoms. The van der Waals surface area contributed by atoms with Gasteiger partial charge in [-0.15, -0.1) is 26.3 Å². The van der Waals surface area contributed by atoms with Crippen LogP contribution in [0.15, 0.2) is 72.8 Å². The number of ether oxygens (including phenoxy) is 5. The number of halogens is 6. The summed E-state index contributed by atoms with van der Waals surface area (Å²) < 4.78 is 103. The van der Waals surface area contributed by atoms with Gasteiger partial charge in [-0.1, -0.05) is 36.4 Å². The van der Waals surface area contributed by atoms with Crippen LogP contribution < -0.4 is 14.2 Å². The first-order valence-electron chi connectivity index (χ1n) is 14.8. The summed E-state index contributed by atoms with van der Waals surface area (Å²) in [5.41, 5.74) is 1.05. The summed E-state index contributed by atoms with van der Waals surface area (Å²) in [6, 6.07) is 18.3. The van der Waals surface area contributed by atoms with Crippen molar-refractivity contribution in [3.63, 3.8) is 0 Å². The molecule has 2 atom stereocenters. The van der Waals surface area contributed by atoms with Crippen molar-refractivity contribution in [3.8, 4) is 17.2 Å². The quantitative estimate of drug-likeness (QED) is 0.233. The molecule has 1 N–H and O–H groups in total. The first-order valence-corrected chi connectivity index (χ1v) is 14.8. The summed E-state index contributed by atoms with van der Waals surface area (Å²) in [5.74, 6) is -1.03. The van der Waals surface area contributed by atoms with Crippen LogP contribution in [-0.2, 0) is 21.6 Å². The molecule has 0 aromatic heterocycles. The molecule has 0 aliphatic carbocycles. The Kier molecular flexibility index (Phi) is 9.78. The highest BCUT2D eigenvalue weighted by Gasteiger charge is 2.45. The predicted molar refractivity (Wildman–Crippen MR) is 154 cm³/mol. The number of nitrogens with zero attached hydrogens (tertiary/aromatic N) is 1. The molecule has 2 unspecified atom stereocenters. The third-order valence-electron chi connectivity index (χ3n) is 8.12. The zero-order valence-electron chi connectivity index (χ0n) is 25.2. The fourth-order valence-electron chi connectivity index (χ4n) is 6.13. The van der Waals surface area contributed by atoms with E-state index in [9.17, 15) is 31.4 Å². The van der Waals surface area contributed by atoms with Crippen molar-refractivity contribution in [1.29, 1.82) is 0 Å². The summed E-state index contributed by atoms with van der Waals surface area (Å²) in [6.45, 7) is 5.13. The number of aliphatic hydroxyl groups is 1. The number of likely N-dealkylation sites (tertiary alicyclic amines) is 1. The second kappa shape index (κ2) is 13.3. The average molecular weight is 656 g/mol. The molecule has 3 aromatic rings. The van der Waals surface area contributed by atoms with Crippen LogP contribution in [0.4, 0.5) is 26.3 Å². The third-order valence-corrected chi connectivity index (χ3v) is 8.12. The maximum absolute atomic E-state index is 12.9. The van der Waals surface area contributed by atoms with Crippen LogP contribution in [0.25, 0.3) is 0 Å². The molecule has 2 heterocycles. The van der Waals surface area contributed by atoms with Crippen molar-refractivity contribution < 1.29 is 55.1 Å². The van der Waals surface area contributed by atoms with Gasteiger partial charge in [0, 0.05) is 19.7 Å². The molecular weight excluding hydrogens is 620 g/mol. The SMILES string of the molecule is CC1(C)OCC(COc2ccc(CN3CCC(CO)CC3(c3ccc(OC(F)(F)F)cc3)c3ccc(OC(F)(F)F)cc3)cc2)O1. The van der Waals surface area contributed by atoms with Crippen LogP contribution in [0.3, 0.4) is 0 Å². The highest BCUT2D eigenvalue weighted by molar-refractivity contribution is 5.44. The van der Waals surface area contributed by atoms with E-state index in [0.717, 1.165) is 5.56 Å². The van der Waals surface area contributed by atoms with Crippen LogP contribution >= 0.6 is 0 Å². The summed E-state index contributed by atoms with van der Waals surface area (Å²) in [7, 11) is 0. The van der Waals surface area contributed by atoms with Gasteiger partial charge < -0.3 is 28.8 Å². The lowest BCUT2D eigenvalue weighted by molar-refractivity contribution is -0.275. The summed E-state index contributed by atoms with van der Waals surface area (Å²) in [4.78, 5) is 2.13. The molecule has 0 amide bonds. The van der Waals surface area contributed by atoms with Gasteiger partial charge in [0.1, 0.15) is 30.0 Å². The molecule has 5 rings (SSSR count). The highest BCUT2D eigenvalue weighted by atomic mass is 19.4. The van der Waals surface area contributed by atoms with Crippen molar-refractivity contribution in [2.75, 3.05) is 26.4 Å². The number of hydrogen-bond donors (Lipinski definition) is 1. The predicted octanol–water partition coefficient (Wildman–Crippen LogP) is 7.16. The minimum Gasteiger partial charge on any atom is -0.491 e. The van der Waals surface area contributed by atoms with Crippen molar-refractivity contribution >= 4 is 0 Å². The van der Waals surface area contributed by atoms with E-state index >= 15 is 0 Å². The maximum Gasteiger partial charge on any atom is 0.573 e. The molecule has 3 aromatic carbocycles. The molecule has 0 saturated carbocycles. The van der Waals surface area contributed by atoms with Gasteiger partial charge in [-0.3, -0.25) is 4.90 Å². The summed E-state index contributed by atoms with van der Waals surface area (Å²) in [5, 5.41) is 10.2. The van der Waals surface area contributed by atoms with Gasteiger partial charge >= 0.3 is 12.7 Å². The van der Waals surface area contributed by atoms with Crippen molar-refractivity contribution in [2.45, 2.75) is 63.4 Å². The van der Waals surface area contributed by atoms with E-state index in [-0.39, 0.29) is 18.6 Å². The van der Waals surface area contributed by atoms with E-state index in [0.29, 0.717) is 56.0 Å². The van der Waals surface area contributed by atoms with Gasteiger partial charge in [0.05, 0.1) is 12.1 Å². The van der Waals surface area contributed by atoms with Gasteiger partial charge in [-0.2, -0.15) is 0 Å². The van der Waals surface area contributed by atoms with Crippen LogP contribution in [0.5, 0.6) is 17.2 Å². The second-order valence-electron chi connectivity index (χ2n) is 11.9. The van der Waals surface area contributed by atoms with Crippen molar-refractivity contribution in [1.82, 2.24) is 4.90 Å². The zero-order chi connectivity index (χ0) is 33.2. The number of hydrogen-bond acceptors (Lipinski definition) is 7. The average Bonchev–Trinajstić information content (AvgIpc) is 3.34. The van der Waals surface area contributed by atoms with Crippen LogP contribution in [0.1, 0.15) is 43.4 Å². The molecule has 2 aliphatic heterocycles. The summed E-state index contributed by atoms with van der Waals surface area (Å²) >= 11 is 0. The maximum atomic E-state index is 12.9. The molecule has 7 nitrogen and oxygen atoms in total. The van der Waals surface area contributed by atoms with Gasteiger partial charge in [-0.05, 0) is 85.7 Å². The Morgan fingerprint density at radius 1 is 0.804 bits per heavy atom. The molecule has 0 radical (unpaired) electrons. The first kappa shape index (κ1) is 33.8. The number of piperidine rings is 1. The molecule has 0 spiro atoms. The van der Waals surface area contributed by atoms with Gasteiger partial charge in [-0.25, -0.2) is 0 Å². The third kappa shape index (κ3) is 8.44. The fraction of sp³-hybridized carbons (Fsp3) is 0.455. The smallest absolute Gasteiger partial charge is 0.491 e. The van der Waals surface area contributed by atoms with E-state index in [2.05, 4.69) is 14.4 Å². The van der Waals surface area contributed by atoms with E-state index < -0.39 is 35.5 Å². The van der Waals surface area contributed by atoms with E-state index in [1.807, 2.05) is 38.1 Å². The van der Waals surface area contributed by atoms with E-state index in [4.69, 9.17) is 14.2 Å².